The third-order valence-electron chi connectivity index (χ3n) is 2.09. The van der Waals surface area contributed by atoms with E-state index in [-0.39, 0.29) is 12.2 Å². The van der Waals surface area contributed by atoms with E-state index in [4.69, 9.17) is 17.3 Å². The molecule has 0 radical (unpaired) electrons. The van der Waals surface area contributed by atoms with Crippen molar-refractivity contribution in [3.8, 4) is 5.69 Å². The molecule has 1 aromatic heterocycles. The molecular formula is C10H8ClF2N3. The zero-order chi connectivity index (χ0) is 11.7. The van der Waals surface area contributed by atoms with E-state index in [1.807, 2.05) is 0 Å². The Kier molecular flexibility index (Phi) is 2.89. The first kappa shape index (κ1) is 11.0. The van der Waals surface area contributed by atoms with Gasteiger partial charge in [0, 0.05) is 12.7 Å². The van der Waals surface area contributed by atoms with Crippen molar-refractivity contribution in [1.82, 2.24) is 9.78 Å². The van der Waals surface area contributed by atoms with Gasteiger partial charge in [0.1, 0.15) is 5.69 Å². The number of benzene rings is 1. The highest BCUT2D eigenvalue weighted by molar-refractivity contribution is 6.30. The van der Waals surface area contributed by atoms with Crippen LogP contribution < -0.4 is 5.73 Å². The highest BCUT2D eigenvalue weighted by atomic mass is 35.5. The van der Waals surface area contributed by atoms with E-state index < -0.39 is 11.6 Å². The van der Waals surface area contributed by atoms with E-state index in [9.17, 15) is 8.78 Å². The summed E-state index contributed by atoms with van der Waals surface area (Å²) < 4.78 is 28.2. The Morgan fingerprint density at radius 1 is 1.31 bits per heavy atom. The Hall–Kier alpha value is -1.46. The molecule has 0 bridgehead atoms. The minimum atomic E-state index is -0.722. The van der Waals surface area contributed by atoms with Crippen molar-refractivity contribution in [3.63, 3.8) is 0 Å². The van der Waals surface area contributed by atoms with Gasteiger partial charge in [-0.1, -0.05) is 11.6 Å². The van der Waals surface area contributed by atoms with Crippen LogP contribution in [0.4, 0.5) is 8.78 Å². The molecule has 2 aromatic rings. The molecule has 3 nitrogen and oxygen atoms in total. The predicted molar refractivity (Wildman–Crippen MR) is 56.4 cm³/mol. The maximum atomic E-state index is 13.6. The van der Waals surface area contributed by atoms with Crippen LogP contribution in [0, 0.1) is 11.6 Å². The zero-order valence-electron chi connectivity index (χ0n) is 8.12. The van der Waals surface area contributed by atoms with Crippen molar-refractivity contribution < 1.29 is 8.78 Å². The van der Waals surface area contributed by atoms with E-state index in [1.54, 1.807) is 0 Å². The molecule has 0 saturated heterocycles. The smallest absolute Gasteiger partial charge is 0.152 e. The lowest BCUT2D eigenvalue weighted by Crippen LogP contribution is -2.05. The van der Waals surface area contributed by atoms with E-state index in [2.05, 4.69) is 5.10 Å². The molecule has 0 fully saturated rings. The molecule has 0 saturated carbocycles. The molecule has 0 aliphatic rings. The quantitative estimate of drug-likeness (QED) is 0.879. The van der Waals surface area contributed by atoms with E-state index in [0.29, 0.717) is 10.6 Å². The first-order valence-electron chi connectivity index (χ1n) is 4.50. The number of nitrogens with two attached hydrogens (primary N) is 1. The van der Waals surface area contributed by atoms with Gasteiger partial charge in [-0.3, -0.25) is 0 Å². The first-order chi connectivity index (χ1) is 7.61. The third kappa shape index (κ3) is 1.91. The molecule has 84 valence electrons. The average Bonchev–Trinajstić information content (AvgIpc) is 2.63. The lowest BCUT2D eigenvalue weighted by atomic mass is 10.2. The lowest BCUT2D eigenvalue weighted by Gasteiger charge is -2.06. The molecule has 2 rings (SSSR count). The normalized spacial score (nSPS) is 10.8. The molecule has 0 aliphatic heterocycles. The van der Waals surface area contributed by atoms with Crippen LogP contribution in [-0.2, 0) is 6.54 Å². The van der Waals surface area contributed by atoms with Gasteiger partial charge in [0.25, 0.3) is 0 Å². The zero-order valence-corrected chi connectivity index (χ0v) is 8.88. The number of hydrogen-bond donors (Lipinski definition) is 1. The number of halogens is 3. The molecule has 16 heavy (non-hydrogen) atoms. The molecule has 0 aliphatic carbocycles. The topological polar surface area (TPSA) is 43.8 Å². The molecule has 6 heteroatoms. The van der Waals surface area contributed by atoms with Gasteiger partial charge in [-0.15, -0.1) is 0 Å². The molecule has 0 amide bonds. The molecule has 0 atom stereocenters. The summed E-state index contributed by atoms with van der Waals surface area (Å²) in [5, 5.41) is 4.04. The highest BCUT2D eigenvalue weighted by Gasteiger charge is 2.13. The Balaban J connectivity index is 2.57. The van der Waals surface area contributed by atoms with Gasteiger partial charge in [-0.2, -0.15) is 5.10 Å². The number of aromatic nitrogens is 2. The van der Waals surface area contributed by atoms with E-state index >= 15 is 0 Å². The van der Waals surface area contributed by atoms with E-state index in [1.165, 1.54) is 24.5 Å². The van der Waals surface area contributed by atoms with Crippen molar-refractivity contribution in [3.05, 3.63) is 46.7 Å². The summed E-state index contributed by atoms with van der Waals surface area (Å²) in [6, 6.07) is 2.35. The maximum absolute atomic E-state index is 13.6. The maximum Gasteiger partial charge on any atom is 0.152 e. The van der Waals surface area contributed by atoms with Gasteiger partial charge >= 0.3 is 0 Å². The Labute approximate surface area is 95.4 Å². The van der Waals surface area contributed by atoms with Crippen LogP contribution in [0.15, 0.2) is 24.5 Å². The largest absolute Gasteiger partial charge is 0.326 e. The Morgan fingerprint density at radius 3 is 2.38 bits per heavy atom. The monoisotopic (exact) mass is 243 g/mol. The standard InChI is InChI=1S/C10H8ClF2N3/c11-7-4-15-16(5-7)10-8(12)1-6(3-14)2-9(10)13/h1-2,4-5H,3,14H2. The fraction of sp³-hybridized carbons (Fsp3) is 0.100. The molecule has 2 N–H and O–H groups in total. The van der Waals surface area contributed by atoms with Crippen molar-refractivity contribution in [1.29, 1.82) is 0 Å². The van der Waals surface area contributed by atoms with Crippen LogP contribution in [0.2, 0.25) is 5.02 Å². The summed E-state index contributed by atoms with van der Waals surface area (Å²) in [5.41, 5.74) is 5.43. The Morgan fingerprint density at radius 2 is 1.94 bits per heavy atom. The predicted octanol–water partition coefficient (Wildman–Crippen LogP) is 2.26. The summed E-state index contributed by atoms with van der Waals surface area (Å²) in [6.45, 7) is 0.0774. The summed E-state index contributed by atoms with van der Waals surface area (Å²) in [6.07, 6.45) is 2.63. The fourth-order valence-electron chi connectivity index (χ4n) is 1.38. The van der Waals surface area contributed by atoms with Crippen LogP contribution in [0.1, 0.15) is 5.56 Å². The summed E-state index contributed by atoms with van der Waals surface area (Å²) >= 11 is 5.63. The van der Waals surface area contributed by atoms with Crippen LogP contribution >= 0.6 is 11.6 Å². The van der Waals surface area contributed by atoms with Crippen molar-refractivity contribution in [2.24, 2.45) is 5.73 Å². The number of hydrogen-bond acceptors (Lipinski definition) is 2. The SMILES string of the molecule is NCc1cc(F)c(-n2cc(Cl)cn2)c(F)c1. The molecule has 0 unspecified atom stereocenters. The summed E-state index contributed by atoms with van der Waals surface area (Å²) in [4.78, 5) is 0. The minimum Gasteiger partial charge on any atom is -0.326 e. The molecule has 1 heterocycles. The van der Waals surface area contributed by atoms with Gasteiger partial charge in [0.15, 0.2) is 11.6 Å². The third-order valence-corrected chi connectivity index (χ3v) is 2.29. The second-order valence-corrected chi connectivity index (χ2v) is 3.65. The number of rotatable bonds is 2. The second kappa shape index (κ2) is 4.19. The van der Waals surface area contributed by atoms with Crippen molar-refractivity contribution in [2.45, 2.75) is 6.54 Å². The van der Waals surface area contributed by atoms with Crippen LogP contribution in [-0.4, -0.2) is 9.78 Å². The van der Waals surface area contributed by atoms with Gasteiger partial charge in [0.05, 0.1) is 11.2 Å². The average molecular weight is 244 g/mol. The van der Waals surface area contributed by atoms with Gasteiger partial charge < -0.3 is 5.73 Å². The van der Waals surface area contributed by atoms with Crippen molar-refractivity contribution >= 4 is 11.6 Å². The lowest BCUT2D eigenvalue weighted by molar-refractivity contribution is 0.557. The molecule has 0 spiro atoms. The first-order valence-corrected chi connectivity index (χ1v) is 4.88. The summed E-state index contributed by atoms with van der Waals surface area (Å²) in [5.74, 6) is -1.44. The van der Waals surface area contributed by atoms with Crippen LogP contribution in [0.5, 0.6) is 0 Å². The van der Waals surface area contributed by atoms with Gasteiger partial charge in [-0.25, -0.2) is 13.5 Å². The van der Waals surface area contributed by atoms with Crippen molar-refractivity contribution in [2.75, 3.05) is 0 Å². The van der Waals surface area contributed by atoms with Crippen LogP contribution in [0.25, 0.3) is 5.69 Å². The number of nitrogens with zero attached hydrogens (tertiary/aromatic N) is 2. The molecule has 1 aromatic carbocycles. The van der Waals surface area contributed by atoms with Gasteiger partial charge in [-0.05, 0) is 17.7 Å². The van der Waals surface area contributed by atoms with E-state index in [0.717, 1.165) is 4.68 Å². The minimum absolute atomic E-state index is 0.0774. The summed E-state index contributed by atoms with van der Waals surface area (Å²) in [7, 11) is 0. The van der Waals surface area contributed by atoms with Gasteiger partial charge in [0.2, 0.25) is 0 Å². The highest BCUT2D eigenvalue weighted by Crippen LogP contribution is 2.20. The second-order valence-electron chi connectivity index (χ2n) is 3.22. The van der Waals surface area contributed by atoms with Crippen LogP contribution in [0.3, 0.4) is 0 Å². The Bertz CT molecular complexity index is 502. The fourth-order valence-corrected chi connectivity index (χ4v) is 1.51. The molecular weight excluding hydrogens is 236 g/mol.